The summed E-state index contributed by atoms with van der Waals surface area (Å²) >= 11 is 1.49. The third kappa shape index (κ3) is 3.42. The van der Waals surface area contributed by atoms with Crippen molar-refractivity contribution in [1.82, 2.24) is 9.29 Å². The Hall–Kier alpha value is -0.840. The van der Waals surface area contributed by atoms with Crippen LogP contribution >= 0.6 is 11.8 Å². The van der Waals surface area contributed by atoms with Crippen LogP contribution in [0.3, 0.4) is 0 Å². The fourth-order valence-electron chi connectivity index (χ4n) is 2.93. The van der Waals surface area contributed by atoms with Gasteiger partial charge in [0.15, 0.2) is 0 Å². The minimum atomic E-state index is -5.23. The van der Waals surface area contributed by atoms with Crippen molar-refractivity contribution in [2.45, 2.75) is 36.3 Å². The Bertz CT molecular complexity index is 718. The number of aromatic nitrogens is 1. The van der Waals surface area contributed by atoms with Crippen molar-refractivity contribution in [2.75, 3.05) is 18.8 Å². The van der Waals surface area contributed by atoms with E-state index in [9.17, 15) is 21.6 Å². The molecule has 1 unspecified atom stereocenters. The molecule has 2 saturated heterocycles. The van der Waals surface area contributed by atoms with Gasteiger partial charge in [-0.05, 0) is 25.5 Å². The van der Waals surface area contributed by atoms with E-state index in [1.54, 1.807) is 0 Å². The summed E-state index contributed by atoms with van der Waals surface area (Å²) in [5, 5.41) is 0. The number of alkyl halides is 3. The lowest BCUT2D eigenvalue weighted by molar-refractivity contribution is -0.0521. The number of thioether (sulfide) groups is 1. The van der Waals surface area contributed by atoms with E-state index in [0.717, 1.165) is 11.4 Å². The summed E-state index contributed by atoms with van der Waals surface area (Å²) in [6.07, 6.45) is 0.445. The smallest absolute Gasteiger partial charge is 0.371 e. The van der Waals surface area contributed by atoms with Crippen LogP contribution in [0.5, 0.6) is 0 Å². The monoisotopic (exact) mass is 382 g/mol. The number of hydrogen-bond donors (Lipinski definition) is 0. The molecule has 134 valence electrons. The second kappa shape index (κ2) is 6.15. The van der Waals surface area contributed by atoms with E-state index < -0.39 is 20.3 Å². The third-order valence-electron chi connectivity index (χ3n) is 4.15. The van der Waals surface area contributed by atoms with Gasteiger partial charge >= 0.3 is 15.5 Å². The van der Waals surface area contributed by atoms with Gasteiger partial charge in [-0.3, -0.25) is 4.98 Å². The van der Waals surface area contributed by atoms with Crippen LogP contribution in [0.1, 0.15) is 17.8 Å². The zero-order valence-electron chi connectivity index (χ0n) is 12.9. The van der Waals surface area contributed by atoms with E-state index in [0.29, 0.717) is 23.1 Å². The lowest BCUT2D eigenvalue weighted by Gasteiger charge is -2.46. The fourth-order valence-corrected chi connectivity index (χ4v) is 5.77. The summed E-state index contributed by atoms with van der Waals surface area (Å²) < 4.78 is 66.1. The van der Waals surface area contributed by atoms with E-state index in [1.807, 2.05) is 25.1 Å². The van der Waals surface area contributed by atoms with Crippen LogP contribution < -0.4 is 0 Å². The van der Waals surface area contributed by atoms with Gasteiger partial charge in [0.05, 0.1) is 18.4 Å². The minimum Gasteiger partial charge on any atom is -0.371 e. The van der Waals surface area contributed by atoms with Crippen molar-refractivity contribution < 1.29 is 26.3 Å². The van der Waals surface area contributed by atoms with E-state index in [4.69, 9.17) is 4.74 Å². The molecule has 0 amide bonds. The minimum absolute atomic E-state index is 0.104. The number of rotatable bonds is 4. The molecule has 1 atom stereocenters. The van der Waals surface area contributed by atoms with Gasteiger partial charge in [0.1, 0.15) is 0 Å². The Morgan fingerprint density at radius 2 is 2.12 bits per heavy atom. The first-order chi connectivity index (χ1) is 11.1. The standard InChI is InChI=1S/C14H17F3N2O3S2/c1-10-3-2-4-11(18-10)6-22-12-5-13(23-7-12)8-19(9-13)24(20,21)14(15,16)17/h2-4,12H,5-9H2,1H3. The molecule has 0 aromatic carbocycles. The summed E-state index contributed by atoms with van der Waals surface area (Å²) in [4.78, 5) is 4.33. The topological polar surface area (TPSA) is 59.5 Å². The maximum Gasteiger partial charge on any atom is 0.511 e. The average molecular weight is 382 g/mol. The number of pyridine rings is 1. The molecular weight excluding hydrogens is 365 g/mol. The number of aryl methyl sites for hydroxylation is 1. The van der Waals surface area contributed by atoms with E-state index in [2.05, 4.69) is 4.98 Å². The normalized spacial score (nSPS) is 24.2. The molecule has 1 aromatic rings. The molecule has 3 rings (SSSR count). The van der Waals surface area contributed by atoms with Gasteiger partial charge in [0, 0.05) is 29.3 Å². The molecular formula is C14H17F3N2O3S2. The summed E-state index contributed by atoms with van der Waals surface area (Å²) in [6.45, 7) is 2.01. The SMILES string of the molecule is Cc1cccc(COC2CSC3(C2)CN(S(=O)(=O)C(F)(F)F)C3)n1. The summed E-state index contributed by atoms with van der Waals surface area (Å²) in [7, 11) is -5.21. The maximum absolute atomic E-state index is 12.5. The molecule has 0 saturated carbocycles. The highest BCUT2D eigenvalue weighted by Crippen LogP contribution is 2.48. The molecule has 24 heavy (non-hydrogen) atoms. The molecule has 5 nitrogen and oxygen atoms in total. The van der Waals surface area contributed by atoms with Crippen molar-refractivity contribution in [3.05, 3.63) is 29.6 Å². The Morgan fingerprint density at radius 1 is 1.42 bits per heavy atom. The fraction of sp³-hybridized carbons (Fsp3) is 0.643. The molecule has 2 aliphatic heterocycles. The number of sulfonamides is 1. The van der Waals surface area contributed by atoms with Crippen LogP contribution in [-0.4, -0.2) is 52.9 Å². The van der Waals surface area contributed by atoms with Gasteiger partial charge in [0.25, 0.3) is 0 Å². The van der Waals surface area contributed by atoms with Crippen molar-refractivity contribution in [3.63, 3.8) is 0 Å². The van der Waals surface area contributed by atoms with Gasteiger partial charge in [-0.15, -0.1) is 11.8 Å². The van der Waals surface area contributed by atoms with Gasteiger partial charge in [-0.1, -0.05) is 6.07 Å². The first-order valence-corrected chi connectivity index (χ1v) is 9.78. The largest absolute Gasteiger partial charge is 0.511 e. The molecule has 1 aromatic heterocycles. The summed E-state index contributed by atoms with van der Waals surface area (Å²) in [5.41, 5.74) is -3.54. The van der Waals surface area contributed by atoms with E-state index >= 15 is 0 Å². The summed E-state index contributed by atoms with van der Waals surface area (Å²) in [6, 6.07) is 5.62. The first-order valence-electron chi connectivity index (χ1n) is 7.36. The zero-order valence-corrected chi connectivity index (χ0v) is 14.5. The lowest BCUT2D eigenvalue weighted by atomic mass is 9.95. The van der Waals surface area contributed by atoms with Gasteiger partial charge in [-0.2, -0.15) is 17.5 Å². The van der Waals surface area contributed by atoms with E-state index in [1.165, 1.54) is 11.8 Å². The predicted octanol–water partition coefficient (Wildman–Crippen LogP) is 2.32. The van der Waals surface area contributed by atoms with Gasteiger partial charge in [-0.25, -0.2) is 8.42 Å². The molecule has 0 aliphatic carbocycles. The third-order valence-corrected chi connectivity index (χ3v) is 7.25. The Labute approximate surface area is 142 Å². The quantitative estimate of drug-likeness (QED) is 0.800. The van der Waals surface area contributed by atoms with Crippen LogP contribution in [-0.2, 0) is 21.4 Å². The molecule has 2 aliphatic rings. The Morgan fingerprint density at radius 3 is 2.75 bits per heavy atom. The highest BCUT2D eigenvalue weighted by Gasteiger charge is 2.59. The van der Waals surface area contributed by atoms with Crippen LogP contribution in [0, 0.1) is 6.92 Å². The van der Waals surface area contributed by atoms with Crippen LogP contribution in [0.2, 0.25) is 0 Å². The molecule has 2 fully saturated rings. The highest BCUT2D eigenvalue weighted by atomic mass is 32.2. The Balaban J connectivity index is 1.52. The molecule has 10 heteroatoms. The second-order valence-corrected chi connectivity index (χ2v) is 9.54. The van der Waals surface area contributed by atoms with Crippen molar-refractivity contribution >= 4 is 21.8 Å². The molecule has 0 N–H and O–H groups in total. The molecule has 0 bridgehead atoms. The van der Waals surface area contributed by atoms with Crippen LogP contribution in [0.4, 0.5) is 13.2 Å². The predicted molar refractivity (Wildman–Crippen MR) is 83.9 cm³/mol. The van der Waals surface area contributed by atoms with Crippen molar-refractivity contribution in [3.8, 4) is 0 Å². The maximum atomic E-state index is 12.5. The van der Waals surface area contributed by atoms with Crippen LogP contribution in [0.15, 0.2) is 18.2 Å². The highest BCUT2D eigenvalue weighted by molar-refractivity contribution is 8.01. The lowest BCUT2D eigenvalue weighted by Crippen LogP contribution is -2.62. The second-order valence-electron chi connectivity index (χ2n) is 6.12. The van der Waals surface area contributed by atoms with Gasteiger partial charge < -0.3 is 4.74 Å². The number of halogens is 3. The zero-order chi connectivity index (χ0) is 17.6. The molecule has 3 heterocycles. The van der Waals surface area contributed by atoms with Crippen molar-refractivity contribution in [2.24, 2.45) is 0 Å². The van der Waals surface area contributed by atoms with Gasteiger partial charge in [0.2, 0.25) is 0 Å². The first kappa shape index (κ1) is 18.0. The molecule has 0 radical (unpaired) electrons. The van der Waals surface area contributed by atoms with Crippen LogP contribution in [0.25, 0.3) is 0 Å². The Kier molecular flexibility index (Phi) is 4.61. The number of ether oxygens (including phenoxy) is 1. The van der Waals surface area contributed by atoms with E-state index in [-0.39, 0.29) is 19.2 Å². The van der Waals surface area contributed by atoms with Crippen molar-refractivity contribution in [1.29, 1.82) is 0 Å². The average Bonchev–Trinajstić information content (AvgIpc) is 2.87. The number of nitrogens with zero attached hydrogens (tertiary/aromatic N) is 2. The number of hydrogen-bond acceptors (Lipinski definition) is 5. The summed E-state index contributed by atoms with van der Waals surface area (Å²) in [5.74, 6) is 0.645. The molecule has 1 spiro atoms.